The van der Waals surface area contributed by atoms with Gasteiger partial charge >= 0.3 is 0 Å². The van der Waals surface area contributed by atoms with Gasteiger partial charge in [0.25, 0.3) is 0 Å². The fourth-order valence-electron chi connectivity index (χ4n) is 3.15. The van der Waals surface area contributed by atoms with Crippen molar-refractivity contribution in [2.24, 2.45) is 0 Å². The number of benzene rings is 1. The van der Waals surface area contributed by atoms with E-state index in [1.165, 1.54) is 5.56 Å². The van der Waals surface area contributed by atoms with E-state index in [2.05, 4.69) is 14.9 Å². The second-order valence-corrected chi connectivity index (χ2v) is 6.34. The molecule has 0 saturated carbocycles. The van der Waals surface area contributed by atoms with Crippen LogP contribution >= 0.6 is 0 Å². The Kier molecular flexibility index (Phi) is 4.78. The minimum Gasteiger partial charge on any atom is -0.454 e. The number of hydrogen-bond acceptors (Lipinski definition) is 7. The molecule has 1 aromatic carbocycles. The SMILES string of the molecule is O[C@@H](COCc1ccc2c(c1)OCO2)CN1CCc2cncnc2C1. The summed E-state index contributed by atoms with van der Waals surface area (Å²) in [7, 11) is 0. The van der Waals surface area contributed by atoms with E-state index in [0.29, 0.717) is 19.8 Å². The average Bonchev–Trinajstić information content (AvgIpc) is 3.09. The molecule has 0 aliphatic carbocycles. The maximum absolute atomic E-state index is 10.2. The van der Waals surface area contributed by atoms with E-state index in [0.717, 1.165) is 42.3 Å². The number of aliphatic hydroxyl groups excluding tert-OH is 1. The predicted molar refractivity (Wildman–Crippen MR) is 89.2 cm³/mol. The average molecular weight is 343 g/mol. The Labute approximate surface area is 146 Å². The van der Waals surface area contributed by atoms with Crippen LogP contribution in [-0.2, 0) is 24.3 Å². The van der Waals surface area contributed by atoms with Gasteiger partial charge in [0.05, 0.1) is 25.0 Å². The second-order valence-electron chi connectivity index (χ2n) is 6.34. The van der Waals surface area contributed by atoms with Crippen LogP contribution in [0, 0.1) is 0 Å². The summed E-state index contributed by atoms with van der Waals surface area (Å²) in [5.74, 6) is 1.51. The van der Waals surface area contributed by atoms with Gasteiger partial charge in [-0.25, -0.2) is 9.97 Å². The lowest BCUT2D eigenvalue weighted by Crippen LogP contribution is -2.38. The lowest BCUT2D eigenvalue weighted by atomic mass is 10.1. The highest BCUT2D eigenvalue weighted by Gasteiger charge is 2.20. The van der Waals surface area contributed by atoms with Crippen LogP contribution in [0.4, 0.5) is 0 Å². The van der Waals surface area contributed by atoms with Gasteiger partial charge in [-0.2, -0.15) is 0 Å². The quantitative estimate of drug-likeness (QED) is 0.843. The van der Waals surface area contributed by atoms with Gasteiger partial charge in [-0.15, -0.1) is 0 Å². The number of aliphatic hydroxyl groups is 1. The molecule has 25 heavy (non-hydrogen) atoms. The van der Waals surface area contributed by atoms with Crippen LogP contribution in [0.2, 0.25) is 0 Å². The van der Waals surface area contributed by atoms with Gasteiger partial charge in [0.1, 0.15) is 6.33 Å². The smallest absolute Gasteiger partial charge is 0.231 e. The van der Waals surface area contributed by atoms with Crippen molar-refractivity contribution in [2.45, 2.75) is 25.7 Å². The first-order valence-corrected chi connectivity index (χ1v) is 8.42. The zero-order valence-corrected chi connectivity index (χ0v) is 13.9. The molecule has 2 aliphatic heterocycles. The van der Waals surface area contributed by atoms with Crippen molar-refractivity contribution in [3.63, 3.8) is 0 Å². The van der Waals surface area contributed by atoms with Crippen LogP contribution in [0.25, 0.3) is 0 Å². The number of β-amino-alcohol motifs (C(OH)–C–C–N with tert-alkyl or cyclic N) is 1. The molecular formula is C18H21N3O4. The fraction of sp³-hybridized carbons (Fsp3) is 0.444. The number of hydrogen-bond donors (Lipinski definition) is 1. The Morgan fingerprint density at radius 2 is 2.20 bits per heavy atom. The second kappa shape index (κ2) is 7.35. The summed E-state index contributed by atoms with van der Waals surface area (Å²) in [6.45, 7) is 3.22. The first-order chi connectivity index (χ1) is 12.3. The monoisotopic (exact) mass is 343 g/mol. The van der Waals surface area contributed by atoms with E-state index in [1.54, 1.807) is 6.33 Å². The lowest BCUT2D eigenvalue weighted by Gasteiger charge is -2.29. The molecular weight excluding hydrogens is 322 g/mol. The Balaban J connectivity index is 1.23. The zero-order chi connectivity index (χ0) is 17.1. The Hall–Kier alpha value is -2.22. The Bertz CT molecular complexity index is 740. The third-order valence-electron chi connectivity index (χ3n) is 4.44. The number of rotatable bonds is 6. The predicted octanol–water partition coefficient (Wildman–Crippen LogP) is 1.14. The van der Waals surface area contributed by atoms with Gasteiger partial charge in [-0.05, 0) is 29.7 Å². The number of aromatic nitrogens is 2. The van der Waals surface area contributed by atoms with E-state index in [4.69, 9.17) is 14.2 Å². The molecule has 0 fully saturated rings. The normalized spacial score (nSPS) is 17.3. The standard InChI is InChI=1S/C18H21N3O4/c22-15(7-21-4-3-14-6-19-11-20-16(14)8-21)10-23-9-13-1-2-17-18(5-13)25-12-24-17/h1-2,5-6,11,15,22H,3-4,7-10,12H2/t15-/m1/s1. The molecule has 0 amide bonds. The van der Waals surface area contributed by atoms with Gasteiger partial charge in [0.2, 0.25) is 6.79 Å². The number of nitrogens with zero attached hydrogens (tertiary/aromatic N) is 3. The lowest BCUT2D eigenvalue weighted by molar-refractivity contribution is 0.00746. The summed E-state index contributed by atoms with van der Waals surface area (Å²) in [4.78, 5) is 10.6. The molecule has 0 saturated heterocycles. The van der Waals surface area contributed by atoms with E-state index in [9.17, 15) is 5.11 Å². The van der Waals surface area contributed by atoms with Crippen LogP contribution in [0.3, 0.4) is 0 Å². The van der Waals surface area contributed by atoms with Gasteiger partial charge in [-0.1, -0.05) is 6.07 Å². The minimum absolute atomic E-state index is 0.266. The van der Waals surface area contributed by atoms with Crippen molar-refractivity contribution in [1.29, 1.82) is 0 Å². The van der Waals surface area contributed by atoms with Crippen LogP contribution in [-0.4, -0.2) is 52.6 Å². The van der Waals surface area contributed by atoms with Gasteiger partial charge in [0, 0.05) is 25.8 Å². The maximum Gasteiger partial charge on any atom is 0.231 e. The minimum atomic E-state index is -0.530. The van der Waals surface area contributed by atoms with Gasteiger partial charge in [0.15, 0.2) is 11.5 Å². The molecule has 4 rings (SSSR count). The molecule has 0 spiro atoms. The Morgan fingerprint density at radius 3 is 3.16 bits per heavy atom. The third-order valence-corrected chi connectivity index (χ3v) is 4.44. The van der Waals surface area contributed by atoms with E-state index >= 15 is 0 Å². The van der Waals surface area contributed by atoms with Crippen molar-refractivity contribution in [2.75, 3.05) is 26.5 Å². The van der Waals surface area contributed by atoms with Crippen LogP contribution < -0.4 is 9.47 Å². The molecule has 3 heterocycles. The van der Waals surface area contributed by atoms with Crippen molar-refractivity contribution in [1.82, 2.24) is 14.9 Å². The molecule has 0 bridgehead atoms. The van der Waals surface area contributed by atoms with E-state index in [-0.39, 0.29) is 6.79 Å². The molecule has 7 nitrogen and oxygen atoms in total. The van der Waals surface area contributed by atoms with Crippen molar-refractivity contribution >= 4 is 0 Å². The molecule has 1 N–H and O–H groups in total. The van der Waals surface area contributed by atoms with Crippen LogP contribution in [0.15, 0.2) is 30.7 Å². The first kappa shape index (κ1) is 16.3. The summed E-state index contributed by atoms with van der Waals surface area (Å²) >= 11 is 0. The topological polar surface area (TPSA) is 76.9 Å². The highest BCUT2D eigenvalue weighted by molar-refractivity contribution is 5.44. The van der Waals surface area contributed by atoms with Crippen molar-refractivity contribution < 1.29 is 19.3 Å². The van der Waals surface area contributed by atoms with Gasteiger partial charge < -0.3 is 19.3 Å². The number of ether oxygens (including phenoxy) is 3. The molecule has 7 heteroatoms. The summed E-state index contributed by atoms with van der Waals surface area (Å²) in [6.07, 6.45) is 3.84. The Morgan fingerprint density at radius 1 is 1.28 bits per heavy atom. The van der Waals surface area contributed by atoms with E-state index in [1.807, 2.05) is 24.4 Å². The highest BCUT2D eigenvalue weighted by atomic mass is 16.7. The zero-order valence-electron chi connectivity index (χ0n) is 13.9. The van der Waals surface area contributed by atoms with Crippen LogP contribution in [0.5, 0.6) is 11.5 Å². The summed E-state index contributed by atoms with van der Waals surface area (Å²) in [6, 6.07) is 5.74. The molecule has 2 aliphatic rings. The fourth-order valence-corrected chi connectivity index (χ4v) is 3.15. The summed E-state index contributed by atoms with van der Waals surface area (Å²) in [5.41, 5.74) is 3.25. The largest absolute Gasteiger partial charge is 0.454 e. The number of fused-ring (bicyclic) bond motifs is 2. The highest BCUT2D eigenvalue weighted by Crippen LogP contribution is 2.32. The third kappa shape index (κ3) is 3.89. The first-order valence-electron chi connectivity index (χ1n) is 8.42. The molecule has 0 unspecified atom stereocenters. The molecule has 132 valence electrons. The molecule has 1 aromatic heterocycles. The van der Waals surface area contributed by atoms with Gasteiger partial charge in [-0.3, -0.25) is 4.90 Å². The molecule has 0 radical (unpaired) electrons. The van der Waals surface area contributed by atoms with Crippen LogP contribution in [0.1, 0.15) is 16.8 Å². The summed E-state index contributed by atoms with van der Waals surface area (Å²) < 4.78 is 16.3. The molecule has 2 aromatic rings. The molecule has 1 atom stereocenters. The van der Waals surface area contributed by atoms with Crippen molar-refractivity contribution in [3.05, 3.63) is 47.5 Å². The maximum atomic E-state index is 10.2. The van der Waals surface area contributed by atoms with E-state index < -0.39 is 6.10 Å². The summed E-state index contributed by atoms with van der Waals surface area (Å²) in [5, 5.41) is 10.2. The van der Waals surface area contributed by atoms with Crippen molar-refractivity contribution in [3.8, 4) is 11.5 Å².